The number of benzene rings is 1. The topological polar surface area (TPSA) is 81.2 Å². The molecule has 0 bridgehead atoms. The average molecular weight is 454 g/mol. The first-order valence-corrected chi connectivity index (χ1v) is 11.4. The molecule has 2 aromatic rings. The van der Waals surface area contributed by atoms with Crippen LogP contribution in [0.4, 0.5) is 0 Å². The Morgan fingerprint density at radius 3 is 2.61 bits per heavy atom. The van der Waals surface area contributed by atoms with Crippen molar-refractivity contribution in [1.82, 2.24) is 14.8 Å². The molecule has 0 saturated carbocycles. The maximum Gasteiger partial charge on any atom is 0.242 e. The Bertz CT molecular complexity index is 915. The molecule has 2 fully saturated rings. The van der Waals surface area contributed by atoms with Gasteiger partial charge in [-0.1, -0.05) is 18.2 Å². The highest BCUT2D eigenvalue weighted by Crippen LogP contribution is 2.21. The largest absolute Gasteiger partial charge is 0.497 e. The minimum Gasteiger partial charge on any atom is -0.497 e. The molecule has 1 unspecified atom stereocenters. The molecule has 2 amide bonds. The summed E-state index contributed by atoms with van der Waals surface area (Å²) in [4.78, 5) is 34.0. The molecule has 0 N–H and O–H groups in total. The lowest BCUT2D eigenvalue weighted by molar-refractivity contribution is -0.143. The van der Waals surface area contributed by atoms with Gasteiger partial charge in [0.05, 0.1) is 26.4 Å². The summed E-state index contributed by atoms with van der Waals surface area (Å²) in [6.45, 7) is 2.88. The van der Waals surface area contributed by atoms with Crippen molar-refractivity contribution in [3.8, 4) is 5.75 Å². The van der Waals surface area contributed by atoms with Crippen LogP contribution in [-0.2, 0) is 32.2 Å². The van der Waals surface area contributed by atoms with Crippen LogP contribution in [0.3, 0.4) is 0 Å². The molecular weight excluding hydrogens is 422 g/mol. The van der Waals surface area contributed by atoms with Gasteiger partial charge < -0.3 is 24.0 Å². The van der Waals surface area contributed by atoms with Gasteiger partial charge in [-0.05, 0) is 42.2 Å². The molecule has 8 heteroatoms. The Balaban J connectivity index is 1.48. The number of nitrogens with zero attached hydrogens (tertiary/aromatic N) is 3. The summed E-state index contributed by atoms with van der Waals surface area (Å²) in [7, 11) is 1.63. The van der Waals surface area contributed by atoms with Crippen LogP contribution in [-0.4, -0.2) is 72.7 Å². The van der Waals surface area contributed by atoms with Crippen molar-refractivity contribution in [2.45, 2.75) is 32.1 Å². The Morgan fingerprint density at radius 1 is 1.12 bits per heavy atom. The second kappa shape index (κ2) is 11.2. The summed E-state index contributed by atoms with van der Waals surface area (Å²) in [5.41, 5.74) is 1.96. The molecular formula is C25H31N3O5. The van der Waals surface area contributed by atoms with Gasteiger partial charge >= 0.3 is 0 Å². The summed E-state index contributed by atoms with van der Waals surface area (Å²) >= 11 is 0. The third kappa shape index (κ3) is 6.30. The molecule has 1 aromatic heterocycles. The Hall–Kier alpha value is -2.97. The minimum absolute atomic E-state index is 0.0212. The monoisotopic (exact) mass is 453 g/mol. The molecule has 1 atom stereocenters. The Morgan fingerprint density at radius 2 is 1.91 bits per heavy atom. The van der Waals surface area contributed by atoms with E-state index in [4.69, 9.17) is 14.2 Å². The van der Waals surface area contributed by atoms with Crippen molar-refractivity contribution in [1.29, 1.82) is 0 Å². The summed E-state index contributed by atoms with van der Waals surface area (Å²) in [6, 6.07) is 11.5. The molecule has 2 aliphatic heterocycles. The fourth-order valence-electron chi connectivity index (χ4n) is 4.26. The number of ether oxygens (including phenoxy) is 3. The van der Waals surface area contributed by atoms with Crippen molar-refractivity contribution in [2.75, 3.05) is 40.0 Å². The lowest BCUT2D eigenvalue weighted by Crippen LogP contribution is -2.44. The summed E-state index contributed by atoms with van der Waals surface area (Å²) < 4.78 is 16.8. The molecule has 0 aliphatic carbocycles. The van der Waals surface area contributed by atoms with Crippen LogP contribution in [0.5, 0.6) is 5.75 Å². The van der Waals surface area contributed by atoms with Crippen molar-refractivity contribution < 1.29 is 23.8 Å². The zero-order valence-corrected chi connectivity index (χ0v) is 19.0. The highest BCUT2D eigenvalue weighted by atomic mass is 16.5. The first-order chi connectivity index (χ1) is 16.1. The lowest BCUT2D eigenvalue weighted by atomic mass is 9.98. The zero-order chi connectivity index (χ0) is 23.0. The SMILES string of the molecule is COc1ccc(CN2CC(OCc3cccnc3)CN(C(=O)C3CCOCC3)CC2=O)cc1. The normalized spacial score (nSPS) is 19.9. The second-order valence-corrected chi connectivity index (χ2v) is 8.52. The predicted octanol–water partition coefficient (Wildman–Crippen LogP) is 2.27. The number of aromatic nitrogens is 1. The maximum absolute atomic E-state index is 13.2. The van der Waals surface area contributed by atoms with Gasteiger partial charge in [0.25, 0.3) is 0 Å². The third-order valence-electron chi connectivity index (χ3n) is 6.15. The quantitative estimate of drug-likeness (QED) is 0.640. The van der Waals surface area contributed by atoms with E-state index in [-0.39, 0.29) is 30.4 Å². The molecule has 2 saturated heterocycles. The van der Waals surface area contributed by atoms with Crippen LogP contribution in [0, 0.1) is 5.92 Å². The van der Waals surface area contributed by atoms with Gasteiger partial charge in [0.1, 0.15) is 5.75 Å². The number of rotatable bonds is 7. The molecule has 176 valence electrons. The predicted molar refractivity (Wildman–Crippen MR) is 121 cm³/mol. The van der Waals surface area contributed by atoms with Crippen LogP contribution in [0.25, 0.3) is 0 Å². The molecule has 0 spiro atoms. The Labute approximate surface area is 194 Å². The standard InChI is InChI=1S/C25H31N3O5/c1-31-22-6-4-19(5-7-22)14-27-15-23(33-18-20-3-2-10-26-13-20)16-28(17-24(27)29)25(30)21-8-11-32-12-9-21/h2-7,10,13,21,23H,8-9,11-12,14-18H2,1H3. The van der Waals surface area contributed by atoms with E-state index in [2.05, 4.69) is 4.98 Å². The van der Waals surface area contributed by atoms with Gasteiger partial charge in [-0.25, -0.2) is 0 Å². The van der Waals surface area contributed by atoms with Crippen molar-refractivity contribution in [3.05, 3.63) is 59.9 Å². The molecule has 4 rings (SSSR count). The number of carbonyl (C=O) groups is 2. The lowest BCUT2D eigenvalue weighted by Gasteiger charge is -2.29. The van der Waals surface area contributed by atoms with Crippen LogP contribution >= 0.6 is 0 Å². The minimum atomic E-state index is -0.293. The molecule has 0 radical (unpaired) electrons. The number of methoxy groups -OCH3 is 1. The van der Waals surface area contributed by atoms with Crippen molar-refractivity contribution in [3.63, 3.8) is 0 Å². The van der Waals surface area contributed by atoms with E-state index in [1.165, 1.54) is 0 Å². The van der Waals surface area contributed by atoms with E-state index in [9.17, 15) is 9.59 Å². The van der Waals surface area contributed by atoms with Crippen LogP contribution in [0.2, 0.25) is 0 Å². The second-order valence-electron chi connectivity index (χ2n) is 8.52. The van der Waals surface area contributed by atoms with Crippen LogP contribution < -0.4 is 4.74 Å². The highest BCUT2D eigenvalue weighted by molar-refractivity contribution is 5.86. The van der Waals surface area contributed by atoms with Gasteiger partial charge in [-0.2, -0.15) is 0 Å². The van der Waals surface area contributed by atoms with Crippen molar-refractivity contribution >= 4 is 11.8 Å². The number of hydrogen-bond acceptors (Lipinski definition) is 6. The van der Waals surface area contributed by atoms with Gasteiger partial charge in [0, 0.05) is 51.2 Å². The maximum atomic E-state index is 13.2. The molecule has 33 heavy (non-hydrogen) atoms. The fourth-order valence-corrected chi connectivity index (χ4v) is 4.26. The third-order valence-corrected chi connectivity index (χ3v) is 6.15. The first-order valence-electron chi connectivity index (χ1n) is 11.4. The zero-order valence-electron chi connectivity index (χ0n) is 19.0. The Kier molecular flexibility index (Phi) is 7.91. The van der Waals surface area contributed by atoms with Crippen molar-refractivity contribution in [2.24, 2.45) is 5.92 Å². The smallest absolute Gasteiger partial charge is 0.242 e. The van der Waals surface area contributed by atoms with E-state index < -0.39 is 0 Å². The number of hydrogen-bond donors (Lipinski definition) is 0. The molecule has 2 aliphatic rings. The van der Waals surface area contributed by atoms with E-state index in [0.29, 0.717) is 52.3 Å². The van der Waals surface area contributed by atoms with Crippen LogP contribution in [0.15, 0.2) is 48.8 Å². The molecule has 1 aromatic carbocycles. The van der Waals surface area contributed by atoms with E-state index in [1.807, 2.05) is 36.4 Å². The first kappa shape index (κ1) is 23.2. The van der Waals surface area contributed by atoms with E-state index in [1.54, 1.807) is 29.3 Å². The van der Waals surface area contributed by atoms with Gasteiger partial charge in [0.15, 0.2) is 0 Å². The average Bonchev–Trinajstić information content (AvgIpc) is 3.02. The highest BCUT2D eigenvalue weighted by Gasteiger charge is 2.34. The van der Waals surface area contributed by atoms with E-state index >= 15 is 0 Å². The number of pyridine rings is 1. The number of amides is 2. The molecule has 8 nitrogen and oxygen atoms in total. The van der Waals surface area contributed by atoms with Crippen LogP contribution in [0.1, 0.15) is 24.0 Å². The van der Waals surface area contributed by atoms with Gasteiger partial charge in [-0.15, -0.1) is 0 Å². The summed E-state index contributed by atoms with van der Waals surface area (Å²) in [5.74, 6) is 0.622. The fraction of sp³-hybridized carbons (Fsp3) is 0.480. The number of carbonyl (C=O) groups excluding carboxylic acids is 2. The summed E-state index contributed by atoms with van der Waals surface area (Å²) in [5, 5.41) is 0. The van der Waals surface area contributed by atoms with E-state index in [0.717, 1.165) is 16.9 Å². The van der Waals surface area contributed by atoms with Gasteiger partial charge in [-0.3, -0.25) is 14.6 Å². The molecule has 3 heterocycles. The van der Waals surface area contributed by atoms with Gasteiger partial charge in [0.2, 0.25) is 11.8 Å². The summed E-state index contributed by atoms with van der Waals surface area (Å²) in [6.07, 6.45) is 4.58.